The quantitative estimate of drug-likeness (QED) is 0.791. The Bertz CT molecular complexity index is 771. The zero-order valence-corrected chi connectivity index (χ0v) is 15.6. The van der Waals surface area contributed by atoms with Crippen molar-refractivity contribution >= 4 is 11.9 Å². The summed E-state index contributed by atoms with van der Waals surface area (Å²) in [5, 5.41) is 0. The van der Waals surface area contributed by atoms with E-state index in [1.807, 2.05) is 42.2 Å². The molecule has 3 heterocycles. The second kappa shape index (κ2) is 7.92. The number of hydrogen-bond acceptors (Lipinski definition) is 6. The Balaban J connectivity index is 1.19. The molecule has 0 spiro atoms. The van der Waals surface area contributed by atoms with E-state index in [-0.39, 0.29) is 12.0 Å². The molecule has 0 N–H and O–H groups in total. The van der Waals surface area contributed by atoms with E-state index in [4.69, 9.17) is 4.74 Å². The summed E-state index contributed by atoms with van der Waals surface area (Å²) < 4.78 is 5.99. The van der Waals surface area contributed by atoms with Crippen LogP contribution in [-0.2, 0) is 4.79 Å². The molecule has 1 amide bonds. The number of anilines is 1. The number of rotatable bonds is 5. The summed E-state index contributed by atoms with van der Waals surface area (Å²) >= 11 is 0. The van der Waals surface area contributed by atoms with Crippen LogP contribution in [-0.4, -0.2) is 77.6 Å². The Morgan fingerprint density at radius 3 is 2.48 bits per heavy atom. The Morgan fingerprint density at radius 2 is 1.78 bits per heavy atom. The first-order valence-electron chi connectivity index (χ1n) is 9.43. The third kappa shape index (κ3) is 4.19. The Morgan fingerprint density at radius 1 is 1.07 bits per heavy atom. The lowest BCUT2D eigenvalue weighted by Gasteiger charge is -2.41. The summed E-state index contributed by atoms with van der Waals surface area (Å²) in [6.07, 6.45) is 3.62. The summed E-state index contributed by atoms with van der Waals surface area (Å²) in [5.74, 6) is 1.86. The van der Waals surface area contributed by atoms with Gasteiger partial charge in [-0.05, 0) is 24.6 Å². The first kappa shape index (κ1) is 17.7. The van der Waals surface area contributed by atoms with Crippen LogP contribution in [0.3, 0.4) is 0 Å². The highest BCUT2D eigenvalue weighted by Gasteiger charge is 2.33. The van der Waals surface area contributed by atoms with Crippen molar-refractivity contribution in [1.82, 2.24) is 19.8 Å². The van der Waals surface area contributed by atoms with Crippen LogP contribution < -0.4 is 9.64 Å². The van der Waals surface area contributed by atoms with E-state index in [2.05, 4.69) is 19.8 Å². The molecule has 4 rings (SSSR count). The number of hydrogen-bond donors (Lipinski definition) is 0. The average Bonchev–Trinajstić information content (AvgIpc) is 2.67. The fourth-order valence-corrected chi connectivity index (χ4v) is 3.44. The van der Waals surface area contributed by atoms with Gasteiger partial charge in [-0.25, -0.2) is 9.97 Å². The van der Waals surface area contributed by atoms with Crippen LogP contribution in [0.15, 0.2) is 42.7 Å². The van der Waals surface area contributed by atoms with Crippen LogP contribution in [0.4, 0.5) is 5.95 Å². The number of para-hydroxylation sites is 1. The molecule has 0 aliphatic carbocycles. The lowest BCUT2D eigenvalue weighted by Crippen LogP contribution is -2.59. The minimum atomic E-state index is 0.0992. The second-order valence-electron chi connectivity index (χ2n) is 7.12. The van der Waals surface area contributed by atoms with Crippen molar-refractivity contribution in [3.8, 4) is 5.75 Å². The molecule has 7 nitrogen and oxygen atoms in total. The van der Waals surface area contributed by atoms with E-state index in [1.54, 1.807) is 12.4 Å². The zero-order chi connectivity index (χ0) is 18.6. The summed E-state index contributed by atoms with van der Waals surface area (Å²) in [6.45, 7) is 7.24. The number of aryl methyl sites for hydroxylation is 1. The lowest BCUT2D eigenvalue weighted by atomic mass is 10.1. The number of piperazine rings is 1. The molecule has 0 unspecified atom stereocenters. The van der Waals surface area contributed by atoms with Crippen molar-refractivity contribution in [3.05, 3.63) is 48.3 Å². The van der Waals surface area contributed by atoms with Crippen LogP contribution in [0, 0.1) is 6.92 Å². The molecule has 0 atom stereocenters. The molecule has 7 heteroatoms. The van der Waals surface area contributed by atoms with Crippen LogP contribution in [0.25, 0.3) is 0 Å². The Labute approximate surface area is 159 Å². The molecular formula is C20H25N5O2. The van der Waals surface area contributed by atoms with Gasteiger partial charge in [0.25, 0.3) is 0 Å². The molecule has 2 aliphatic rings. The molecular weight excluding hydrogens is 342 g/mol. The molecule has 0 radical (unpaired) electrons. The van der Waals surface area contributed by atoms with Crippen LogP contribution in [0.2, 0.25) is 0 Å². The maximum atomic E-state index is 12.5. The van der Waals surface area contributed by atoms with E-state index in [0.717, 1.165) is 43.4 Å². The monoisotopic (exact) mass is 367 g/mol. The first-order chi connectivity index (χ1) is 13.2. The average molecular weight is 367 g/mol. The molecule has 2 aromatic rings. The minimum absolute atomic E-state index is 0.0992. The van der Waals surface area contributed by atoms with E-state index >= 15 is 0 Å². The molecule has 142 valence electrons. The van der Waals surface area contributed by atoms with E-state index in [0.29, 0.717) is 19.6 Å². The van der Waals surface area contributed by atoms with Crippen molar-refractivity contribution < 1.29 is 9.53 Å². The summed E-state index contributed by atoms with van der Waals surface area (Å²) in [4.78, 5) is 27.3. The third-order valence-corrected chi connectivity index (χ3v) is 5.15. The van der Waals surface area contributed by atoms with Gasteiger partial charge in [-0.15, -0.1) is 0 Å². The third-order valence-electron chi connectivity index (χ3n) is 5.15. The molecule has 2 saturated heterocycles. The zero-order valence-electron chi connectivity index (χ0n) is 15.6. The number of likely N-dealkylation sites (tertiary alicyclic amines) is 1. The summed E-state index contributed by atoms with van der Waals surface area (Å²) in [6, 6.07) is 9.82. The largest absolute Gasteiger partial charge is 0.486 e. The van der Waals surface area contributed by atoms with Crippen molar-refractivity contribution in [2.45, 2.75) is 13.0 Å². The van der Waals surface area contributed by atoms with Gasteiger partial charge in [-0.1, -0.05) is 18.2 Å². The topological polar surface area (TPSA) is 61.8 Å². The number of benzene rings is 1. The van der Waals surface area contributed by atoms with Gasteiger partial charge in [-0.2, -0.15) is 0 Å². The molecule has 0 saturated carbocycles. The van der Waals surface area contributed by atoms with Gasteiger partial charge in [0.1, 0.15) is 11.9 Å². The fraction of sp³-hybridized carbons (Fsp3) is 0.450. The van der Waals surface area contributed by atoms with Crippen LogP contribution >= 0.6 is 0 Å². The Kier molecular flexibility index (Phi) is 5.20. The van der Waals surface area contributed by atoms with Gasteiger partial charge in [0, 0.05) is 38.6 Å². The highest BCUT2D eigenvalue weighted by atomic mass is 16.5. The molecule has 0 bridgehead atoms. The van der Waals surface area contributed by atoms with Crippen LogP contribution in [0.5, 0.6) is 5.75 Å². The number of carbonyl (C=O) groups excluding carboxylic acids is 1. The number of amides is 1. The van der Waals surface area contributed by atoms with E-state index in [9.17, 15) is 4.79 Å². The maximum Gasteiger partial charge on any atom is 0.237 e. The van der Waals surface area contributed by atoms with Crippen molar-refractivity contribution in [2.24, 2.45) is 0 Å². The molecule has 1 aromatic carbocycles. The number of aromatic nitrogens is 2. The summed E-state index contributed by atoms with van der Waals surface area (Å²) in [5.41, 5.74) is 1.13. The highest BCUT2D eigenvalue weighted by molar-refractivity contribution is 5.79. The smallest absolute Gasteiger partial charge is 0.237 e. The van der Waals surface area contributed by atoms with Gasteiger partial charge in [-0.3, -0.25) is 9.69 Å². The highest BCUT2D eigenvalue weighted by Crippen LogP contribution is 2.22. The van der Waals surface area contributed by atoms with Gasteiger partial charge in [0.2, 0.25) is 11.9 Å². The minimum Gasteiger partial charge on any atom is -0.486 e. The summed E-state index contributed by atoms with van der Waals surface area (Å²) in [7, 11) is 0. The fourth-order valence-electron chi connectivity index (χ4n) is 3.44. The first-order valence-corrected chi connectivity index (χ1v) is 9.43. The van der Waals surface area contributed by atoms with Crippen molar-refractivity contribution in [1.29, 1.82) is 0 Å². The van der Waals surface area contributed by atoms with Crippen LogP contribution in [0.1, 0.15) is 5.56 Å². The normalized spacial score (nSPS) is 18.3. The predicted octanol–water partition coefficient (Wildman–Crippen LogP) is 1.20. The Hall–Kier alpha value is -2.67. The number of nitrogens with zero attached hydrogens (tertiary/aromatic N) is 5. The van der Waals surface area contributed by atoms with E-state index in [1.165, 1.54) is 0 Å². The molecule has 2 fully saturated rings. The van der Waals surface area contributed by atoms with Gasteiger partial charge in [0.05, 0.1) is 19.6 Å². The lowest BCUT2D eigenvalue weighted by molar-refractivity contribution is -0.141. The second-order valence-corrected chi connectivity index (χ2v) is 7.12. The SMILES string of the molecule is Cc1ccccc1OC1CN(C(=O)CN2CCN(c3ncccn3)CC2)C1. The van der Waals surface area contributed by atoms with Gasteiger partial charge >= 0.3 is 0 Å². The van der Waals surface area contributed by atoms with Gasteiger partial charge < -0.3 is 14.5 Å². The van der Waals surface area contributed by atoms with Crippen molar-refractivity contribution in [3.63, 3.8) is 0 Å². The van der Waals surface area contributed by atoms with Crippen molar-refractivity contribution in [2.75, 3.05) is 50.7 Å². The molecule has 27 heavy (non-hydrogen) atoms. The van der Waals surface area contributed by atoms with Gasteiger partial charge in [0.15, 0.2) is 0 Å². The number of ether oxygens (including phenoxy) is 1. The predicted molar refractivity (Wildman–Crippen MR) is 103 cm³/mol. The standard InChI is InChI=1S/C20H25N5O2/c1-16-5-2-3-6-18(16)27-17-13-25(14-17)19(26)15-23-9-11-24(12-10-23)20-21-7-4-8-22-20/h2-8,17H,9-15H2,1H3. The molecule has 1 aromatic heterocycles. The van der Waals surface area contributed by atoms with E-state index < -0.39 is 0 Å². The number of carbonyl (C=O) groups is 1. The maximum absolute atomic E-state index is 12.5. The molecule has 2 aliphatic heterocycles.